The van der Waals surface area contributed by atoms with Gasteiger partial charge in [0.25, 0.3) is 0 Å². The van der Waals surface area contributed by atoms with Crippen LogP contribution in [0.3, 0.4) is 0 Å². The number of likely N-dealkylation sites (tertiary alicyclic amines) is 1. The lowest BCUT2D eigenvalue weighted by Crippen LogP contribution is -2.21. The van der Waals surface area contributed by atoms with E-state index >= 15 is 0 Å². The van der Waals surface area contributed by atoms with Gasteiger partial charge in [-0.1, -0.05) is 6.07 Å². The monoisotopic (exact) mass is 317 g/mol. The highest BCUT2D eigenvalue weighted by Crippen LogP contribution is 2.38. The molecule has 1 aliphatic rings. The number of aromatic amines is 1. The molecule has 1 aliphatic heterocycles. The number of nitrogens with one attached hydrogen (secondary N) is 1. The van der Waals surface area contributed by atoms with Crippen LogP contribution in [-0.2, 0) is 0 Å². The molecular formula is C16H19N3O4. The number of aromatic carboxylic acids is 1. The molecule has 7 heteroatoms. The van der Waals surface area contributed by atoms with Crippen molar-refractivity contribution in [2.75, 3.05) is 27.2 Å². The fraction of sp³-hybridized carbons (Fsp3) is 0.375. The smallest absolute Gasteiger partial charge is 0.353 e. The van der Waals surface area contributed by atoms with Crippen molar-refractivity contribution < 1.29 is 19.4 Å². The molecule has 2 N–H and O–H groups in total. The Hall–Kier alpha value is -2.54. The van der Waals surface area contributed by atoms with Crippen molar-refractivity contribution in [3.8, 4) is 22.8 Å². The Morgan fingerprint density at radius 1 is 1.48 bits per heavy atom. The lowest BCUT2D eigenvalue weighted by atomic mass is 10.1. The van der Waals surface area contributed by atoms with Crippen molar-refractivity contribution in [1.29, 1.82) is 0 Å². The predicted molar refractivity (Wildman–Crippen MR) is 84.1 cm³/mol. The molecule has 0 amide bonds. The van der Waals surface area contributed by atoms with Gasteiger partial charge < -0.3 is 19.5 Å². The van der Waals surface area contributed by atoms with Gasteiger partial charge in [0, 0.05) is 18.7 Å². The van der Waals surface area contributed by atoms with Gasteiger partial charge in [0.1, 0.15) is 11.8 Å². The molecule has 1 saturated heterocycles. The van der Waals surface area contributed by atoms with Gasteiger partial charge in [-0.2, -0.15) is 5.10 Å². The highest BCUT2D eigenvalue weighted by molar-refractivity contribution is 5.87. The first-order chi connectivity index (χ1) is 11.1. The Balaban J connectivity index is 1.91. The first kappa shape index (κ1) is 15.4. The normalized spacial score (nSPS) is 18.1. The first-order valence-electron chi connectivity index (χ1n) is 7.39. The molecule has 0 spiro atoms. The highest BCUT2D eigenvalue weighted by atomic mass is 16.5. The Morgan fingerprint density at radius 2 is 2.30 bits per heavy atom. The van der Waals surface area contributed by atoms with Crippen LogP contribution in [0.4, 0.5) is 0 Å². The largest absolute Gasteiger partial charge is 0.492 e. The summed E-state index contributed by atoms with van der Waals surface area (Å²) in [5, 5.41) is 15.6. The van der Waals surface area contributed by atoms with E-state index in [2.05, 4.69) is 22.1 Å². The number of benzene rings is 1. The number of nitrogens with zero attached hydrogens (tertiary/aromatic N) is 2. The maximum Gasteiger partial charge on any atom is 0.353 e. The van der Waals surface area contributed by atoms with Gasteiger partial charge in [0.2, 0.25) is 0 Å². The van der Waals surface area contributed by atoms with E-state index in [4.69, 9.17) is 14.6 Å². The second kappa shape index (κ2) is 6.29. The van der Waals surface area contributed by atoms with Crippen LogP contribution in [0.15, 0.2) is 24.3 Å². The number of methoxy groups -OCH3 is 1. The molecule has 0 aliphatic carbocycles. The maximum atomic E-state index is 11.0. The summed E-state index contributed by atoms with van der Waals surface area (Å²) in [6, 6.07) is 7.01. The van der Waals surface area contributed by atoms with Crippen molar-refractivity contribution in [1.82, 2.24) is 15.1 Å². The molecule has 1 aromatic carbocycles. The van der Waals surface area contributed by atoms with Crippen LogP contribution in [0, 0.1) is 0 Å². The first-order valence-corrected chi connectivity index (χ1v) is 7.39. The topological polar surface area (TPSA) is 87.7 Å². The summed E-state index contributed by atoms with van der Waals surface area (Å²) < 4.78 is 11.6. The van der Waals surface area contributed by atoms with E-state index in [-0.39, 0.29) is 11.8 Å². The molecule has 2 heterocycles. The van der Waals surface area contributed by atoms with Crippen LogP contribution in [0.5, 0.6) is 11.5 Å². The number of likely N-dealkylation sites (N-methyl/N-ethyl adjacent to an activating group) is 1. The third-order valence-corrected chi connectivity index (χ3v) is 3.91. The van der Waals surface area contributed by atoms with E-state index in [1.54, 1.807) is 7.11 Å². The summed E-state index contributed by atoms with van der Waals surface area (Å²) in [5.41, 5.74) is 1.24. The number of hydrogen-bond donors (Lipinski definition) is 2. The molecule has 0 bridgehead atoms. The molecule has 1 unspecified atom stereocenters. The average Bonchev–Trinajstić information content (AvgIpc) is 3.16. The zero-order valence-corrected chi connectivity index (χ0v) is 13.1. The quantitative estimate of drug-likeness (QED) is 0.875. The number of carboxylic acids is 1. The number of carbonyl (C=O) groups is 1. The number of rotatable bonds is 5. The van der Waals surface area contributed by atoms with E-state index < -0.39 is 5.97 Å². The van der Waals surface area contributed by atoms with Crippen LogP contribution in [-0.4, -0.2) is 59.5 Å². The van der Waals surface area contributed by atoms with Crippen LogP contribution < -0.4 is 9.47 Å². The number of carboxylic acid groups (broad SMARTS) is 1. The fourth-order valence-electron chi connectivity index (χ4n) is 2.76. The third kappa shape index (κ3) is 3.14. The van der Waals surface area contributed by atoms with Crippen molar-refractivity contribution >= 4 is 5.97 Å². The molecular weight excluding hydrogens is 298 g/mol. The van der Waals surface area contributed by atoms with E-state index in [0.29, 0.717) is 22.8 Å². The molecule has 1 aromatic heterocycles. The third-order valence-electron chi connectivity index (χ3n) is 3.91. The highest BCUT2D eigenvalue weighted by Gasteiger charge is 2.23. The van der Waals surface area contributed by atoms with Gasteiger partial charge in [-0.15, -0.1) is 0 Å². The lowest BCUT2D eigenvalue weighted by Gasteiger charge is -2.17. The standard InChI is InChI=1S/C16H19N3O4/c1-19-7-6-10(9-19)23-14-5-3-4-11(15(14)22-2)12-8-13(16(20)21)18-17-12/h3-5,8,10H,6-7,9H2,1-2H3,(H,17,18)(H,20,21). The molecule has 0 saturated carbocycles. The zero-order valence-electron chi connectivity index (χ0n) is 13.1. The molecule has 7 nitrogen and oxygen atoms in total. The molecule has 2 aromatic rings. The Labute approximate surface area is 133 Å². The molecule has 1 fully saturated rings. The van der Waals surface area contributed by atoms with E-state index in [0.717, 1.165) is 19.5 Å². The predicted octanol–water partition coefficient (Wildman–Crippen LogP) is 1.87. The second-order valence-electron chi connectivity index (χ2n) is 5.60. The average molecular weight is 317 g/mol. The van der Waals surface area contributed by atoms with Crippen LogP contribution in [0.25, 0.3) is 11.3 Å². The molecule has 0 radical (unpaired) electrons. The summed E-state index contributed by atoms with van der Waals surface area (Å²) in [5.74, 6) is 0.153. The van der Waals surface area contributed by atoms with Crippen LogP contribution in [0.1, 0.15) is 16.9 Å². The number of H-pyrrole nitrogens is 1. The summed E-state index contributed by atoms with van der Waals surface area (Å²) in [6.07, 6.45) is 1.09. The lowest BCUT2D eigenvalue weighted by molar-refractivity contribution is 0.0690. The van der Waals surface area contributed by atoms with Gasteiger partial charge >= 0.3 is 5.97 Å². The number of aromatic nitrogens is 2. The minimum Gasteiger partial charge on any atom is -0.492 e. The minimum absolute atomic E-state index is 0.0331. The molecule has 3 rings (SSSR count). The fourth-order valence-corrected chi connectivity index (χ4v) is 2.76. The number of para-hydroxylation sites is 1. The molecule has 1 atom stereocenters. The van der Waals surface area contributed by atoms with Gasteiger partial charge in [-0.3, -0.25) is 5.10 Å². The summed E-state index contributed by atoms with van der Waals surface area (Å²) in [6.45, 7) is 1.88. The Kier molecular flexibility index (Phi) is 4.20. The van der Waals surface area contributed by atoms with E-state index in [1.807, 2.05) is 18.2 Å². The molecule has 122 valence electrons. The van der Waals surface area contributed by atoms with Crippen LogP contribution >= 0.6 is 0 Å². The Morgan fingerprint density at radius 3 is 2.91 bits per heavy atom. The van der Waals surface area contributed by atoms with Crippen LogP contribution in [0.2, 0.25) is 0 Å². The van der Waals surface area contributed by atoms with Crippen molar-refractivity contribution in [3.63, 3.8) is 0 Å². The number of hydrogen-bond acceptors (Lipinski definition) is 5. The van der Waals surface area contributed by atoms with Crippen molar-refractivity contribution in [3.05, 3.63) is 30.0 Å². The number of ether oxygens (including phenoxy) is 2. The van der Waals surface area contributed by atoms with Crippen molar-refractivity contribution in [2.45, 2.75) is 12.5 Å². The molecule has 23 heavy (non-hydrogen) atoms. The van der Waals surface area contributed by atoms with Gasteiger partial charge in [0.05, 0.1) is 12.8 Å². The maximum absolute atomic E-state index is 11.0. The second-order valence-corrected chi connectivity index (χ2v) is 5.60. The van der Waals surface area contributed by atoms with Crippen molar-refractivity contribution in [2.24, 2.45) is 0 Å². The van der Waals surface area contributed by atoms with Gasteiger partial charge in [-0.05, 0) is 31.7 Å². The summed E-state index contributed by atoms with van der Waals surface area (Å²) >= 11 is 0. The van der Waals surface area contributed by atoms with Gasteiger partial charge in [0.15, 0.2) is 11.5 Å². The summed E-state index contributed by atoms with van der Waals surface area (Å²) in [7, 11) is 3.63. The summed E-state index contributed by atoms with van der Waals surface area (Å²) in [4.78, 5) is 13.2. The zero-order chi connectivity index (χ0) is 16.4. The SMILES string of the molecule is COc1c(OC2CCN(C)C2)cccc1-c1cc(C(=O)O)[nH]n1. The Bertz CT molecular complexity index is 713. The van der Waals surface area contributed by atoms with E-state index in [9.17, 15) is 4.79 Å². The van der Waals surface area contributed by atoms with E-state index in [1.165, 1.54) is 6.07 Å². The minimum atomic E-state index is -1.05. The van der Waals surface area contributed by atoms with Gasteiger partial charge in [-0.25, -0.2) is 4.79 Å².